The molecule has 1 heterocycles. The van der Waals surface area contributed by atoms with E-state index in [9.17, 15) is 9.59 Å². The third-order valence-corrected chi connectivity index (χ3v) is 4.19. The zero-order valence-corrected chi connectivity index (χ0v) is 15.2. The molecule has 0 fully saturated rings. The second-order valence-corrected chi connectivity index (χ2v) is 6.33. The molecule has 2 aromatic carbocycles. The summed E-state index contributed by atoms with van der Waals surface area (Å²) in [4.78, 5) is 24.8. The molecule has 0 unspecified atom stereocenters. The van der Waals surface area contributed by atoms with Gasteiger partial charge in [-0.05, 0) is 42.8 Å². The summed E-state index contributed by atoms with van der Waals surface area (Å²) in [6.45, 7) is 1.93. The van der Waals surface area contributed by atoms with E-state index in [1.165, 1.54) is 12.1 Å². The first kappa shape index (κ1) is 17.9. The third kappa shape index (κ3) is 3.86. The largest absolute Gasteiger partial charge is 0.495 e. The Bertz CT molecular complexity index is 895. The van der Waals surface area contributed by atoms with Crippen LogP contribution in [0.15, 0.2) is 47.6 Å². The van der Waals surface area contributed by atoms with Gasteiger partial charge in [-0.2, -0.15) is 5.10 Å². The van der Waals surface area contributed by atoms with E-state index < -0.39 is 5.91 Å². The van der Waals surface area contributed by atoms with Crippen molar-refractivity contribution in [3.05, 3.63) is 53.1 Å². The van der Waals surface area contributed by atoms with Crippen LogP contribution in [-0.4, -0.2) is 24.6 Å². The molecular formula is C19H18ClN3O3. The first-order valence-electron chi connectivity index (χ1n) is 8.10. The van der Waals surface area contributed by atoms with Gasteiger partial charge in [0.1, 0.15) is 11.5 Å². The standard InChI is InChI=1S/C19H18ClN3O3/c1-12-4-3-5-14(10-12)23-18(24)9-7-15(22-23)19(25)21-16-11-13(20)6-8-17(16)26-2/h3-6,8,10-11H,7,9H2,1-2H3,(H,21,25). The number of hydrogen-bond acceptors (Lipinski definition) is 4. The minimum atomic E-state index is -0.393. The Morgan fingerprint density at radius 3 is 2.77 bits per heavy atom. The Morgan fingerprint density at radius 2 is 2.04 bits per heavy atom. The minimum absolute atomic E-state index is 0.146. The highest BCUT2D eigenvalue weighted by atomic mass is 35.5. The van der Waals surface area contributed by atoms with Crippen LogP contribution in [0.1, 0.15) is 18.4 Å². The quantitative estimate of drug-likeness (QED) is 0.889. The second kappa shape index (κ2) is 7.58. The number of ether oxygens (including phenoxy) is 1. The zero-order valence-electron chi connectivity index (χ0n) is 14.5. The summed E-state index contributed by atoms with van der Waals surface area (Å²) in [5.74, 6) is -0.0472. The monoisotopic (exact) mass is 371 g/mol. The lowest BCUT2D eigenvalue weighted by Crippen LogP contribution is -2.36. The van der Waals surface area contributed by atoms with Gasteiger partial charge < -0.3 is 10.1 Å². The molecule has 0 saturated heterocycles. The van der Waals surface area contributed by atoms with Crippen molar-refractivity contribution >= 4 is 40.5 Å². The van der Waals surface area contributed by atoms with Gasteiger partial charge in [0.2, 0.25) is 5.91 Å². The van der Waals surface area contributed by atoms with Crippen LogP contribution in [0.25, 0.3) is 0 Å². The van der Waals surface area contributed by atoms with E-state index in [1.54, 1.807) is 24.3 Å². The van der Waals surface area contributed by atoms with E-state index in [1.807, 2.05) is 25.1 Å². The number of methoxy groups -OCH3 is 1. The van der Waals surface area contributed by atoms with E-state index in [2.05, 4.69) is 10.4 Å². The van der Waals surface area contributed by atoms with Gasteiger partial charge >= 0.3 is 0 Å². The molecule has 1 aliphatic heterocycles. The predicted octanol–water partition coefficient (Wildman–Crippen LogP) is 3.78. The van der Waals surface area contributed by atoms with Gasteiger partial charge in [-0.15, -0.1) is 0 Å². The molecule has 1 aliphatic rings. The number of nitrogens with one attached hydrogen (secondary N) is 1. The van der Waals surface area contributed by atoms with Crippen molar-refractivity contribution in [3.8, 4) is 5.75 Å². The molecule has 6 nitrogen and oxygen atoms in total. The summed E-state index contributed by atoms with van der Waals surface area (Å²) in [5, 5.41) is 8.77. The molecule has 2 amide bonds. The minimum Gasteiger partial charge on any atom is -0.495 e. The van der Waals surface area contributed by atoms with Gasteiger partial charge in [-0.3, -0.25) is 9.59 Å². The molecule has 0 aliphatic carbocycles. The van der Waals surface area contributed by atoms with Crippen molar-refractivity contribution < 1.29 is 14.3 Å². The van der Waals surface area contributed by atoms with Crippen LogP contribution in [0.5, 0.6) is 5.75 Å². The fourth-order valence-corrected chi connectivity index (χ4v) is 2.82. The molecule has 26 heavy (non-hydrogen) atoms. The van der Waals surface area contributed by atoms with Gasteiger partial charge in [0.05, 0.1) is 18.5 Å². The van der Waals surface area contributed by atoms with Gasteiger partial charge in [0.25, 0.3) is 5.91 Å². The molecule has 0 spiro atoms. The molecule has 134 valence electrons. The number of carbonyl (C=O) groups is 2. The summed E-state index contributed by atoms with van der Waals surface area (Å²) < 4.78 is 5.23. The SMILES string of the molecule is COc1ccc(Cl)cc1NC(=O)C1=NN(c2cccc(C)c2)C(=O)CC1. The highest BCUT2D eigenvalue weighted by molar-refractivity contribution is 6.44. The second-order valence-electron chi connectivity index (χ2n) is 5.89. The summed E-state index contributed by atoms with van der Waals surface area (Å²) in [7, 11) is 1.51. The van der Waals surface area contributed by atoms with E-state index in [4.69, 9.17) is 16.3 Å². The highest BCUT2D eigenvalue weighted by Gasteiger charge is 2.26. The number of amides is 2. The molecule has 0 bridgehead atoms. The molecule has 2 aromatic rings. The number of halogens is 1. The summed E-state index contributed by atoms with van der Waals surface area (Å²) >= 11 is 5.99. The molecule has 0 aromatic heterocycles. The van der Waals surface area contributed by atoms with Crippen LogP contribution in [0.2, 0.25) is 5.02 Å². The topological polar surface area (TPSA) is 71.0 Å². The smallest absolute Gasteiger partial charge is 0.271 e. The maximum Gasteiger partial charge on any atom is 0.271 e. The lowest BCUT2D eigenvalue weighted by molar-refractivity contribution is -0.118. The number of hydrogen-bond donors (Lipinski definition) is 1. The zero-order chi connectivity index (χ0) is 18.7. The van der Waals surface area contributed by atoms with Gasteiger partial charge in [0, 0.05) is 17.9 Å². The van der Waals surface area contributed by atoms with Crippen LogP contribution in [0, 0.1) is 6.92 Å². The predicted molar refractivity (Wildman–Crippen MR) is 102 cm³/mol. The fourth-order valence-electron chi connectivity index (χ4n) is 2.65. The third-order valence-electron chi connectivity index (χ3n) is 3.95. The van der Waals surface area contributed by atoms with Crippen LogP contribution in [-0.2, 0) is 9.59 Å². The number of carbonyl (C=O) groups excluding carboxylic acids is 2. The maximum absolute atomic E-state index is 12.6. The van der Waals surface area contributed by atoms with Crippen molar-refractivity contribution in [2.75, 3.05) is 17.4 Å². The maximum atomic E-state index is 12.6. The van der Waals surface area contributed by atoms with Crippen molar-refractivity contribution in [1.29, 1.82) is 0 Å². The number of aryl methyl sites for hydroxylation is 1. The first-order chi connectivity index (χ1) is 12.5. The molecule has 0 atom stereocenters. The highest BCUT2D eigenvalue weighted by Crippen LogP contribution is 2.28. The molecule has 0 radical (unpaired) electrons. The van der Waals surface area contributed by atoms with Crippen molar-refractivity contribution in [3.63, 3.8) is 0 Å². The number of rotatable bonds is 4. The Kier molecular flexibility index (Phi) is 5.23. The van der Waals surface area contributed by atoms with E-state index in [0.29, 0.717) is 22.1 Å². The van der Waals surface area contributed by atoms with E-state index >= 15 is 0 Å². The van der Waals surface area contributed by atoms with E-state index in [-0.39, 0.29) is 24.5 Å². The van der Waals surface area contributed by atoms with Crippen molar-refractivity contribution in [1.82, 2.24) is 0 Å². The molecular weight excluding hydrogens is 354 g/mol. The van der Waals surface area contributed by atoms with Crippen LogP contribution in [0.3, 0.4) is 0 Å². The summed E-state index contributed by atoms with van der Waals surface area (Å²) in [5.41, 5.74) is 2.37. The van der Waals surface area contributed by atoms with Crippen LogP contribution in [0.4, 0.5) is 11.4 Å². The van der Waals surface area contributed by atoms with Gasteiger partial charge in [-0.25, -0.2) is 5.01 Å². The molecule has 1 N–H and O–H groups in total. The number of anilines is 2. The van der Waals surface area contributed by atoms with Crippen molar-refractivity contribution in [2.24, 2.45) is 5.10 Å². The Labute approximate surface area is 156 Å². The van der Waals surface area contributed by atoms with Crippen LogP contribution < -0.4 is 15.1 Å². The lowest BCUT2D eigenvalue weighted by Gasteiger charge is -2.23. The summed E-state index contributed by atoms with van der Waals surface area (Å²) in [6.07, 6.45) is 0.489. The Morgan fingerprint density at radius 1 is 1.23 bits per heavy atom. The molecule has 3 rings (SSSR count). The van der Waals surface area contributed by atoms with E-state index in [0.717, 1.165) is 5.56 Å². The average Bonchev–Trinajstić information content (AvgIpc) is 2.62. The first-order valence-corrected chi connectivity index (χ1v) is 8.47. The molecule has 0 saturated carbocycles. The number of nitrogens with zero attached hydrogens (tertiary/aromatic N) is 2. The Balaban J connectivity index is 1.86. The normalized spacial score (nSPS) is 14.0. The summed E-state index contributed by atoms with van der Waals surface area (Å²) in [6, 6.07) is 12.4. The number of benzene rings is 2. The lowest BCUT2D eigenvalue weighted by atomic mass is 10.1. The van der Waals surface area contributed by atoms with Gasteiger partial charge in [-0.1, -0.05) is 23.7 Å². The van der Waals surface area contributed by atoms with Gasteiger partial charge in [0.15, 0.2) is 0 Å². The average molecular weight is 372 g/mol. The number of hydrazone groups is 1. The van der Waals surface area contributed by atoms with Crippen LogP contribution >= 0.6 is 11.6 Å². The Hall–Kier alpha value is -2.86. The fraction of sp³-hybridized carbons (Fsp3) is 0.211. The molecule has 7 heteroatoms. The van der Waals surface area contributed by atoms with Crippen molar-refractivity contribution in [2.45, 2.75) is 19.8 Å².